The number of hydrogen-bond acceptors (Lipinski definition) is 3. The van der Waals surface area contributed by atoms with Crippen LogP contribution < -0.4 is 5.32 Å². The van der Waals surface area contributed by atoms with Gasteiger partial charge in [-0.3, -0.25) is 9.69 Å². The van der Waals surface area contributed by atoms with Crippen LogP contribution in [0.1, 0.15) is 10.4 Å². The lowest BCUT2D eigenvalue weighted by atomic mass is 10.2. The summed E-state index contributed by atoms with van der Waals surface area (Å²) in [6.07, 6.45) is 0. The third-order valence-corrected chi connectivity index (χ3v) is 4.85. The molecule has 1 heterocycles. The number of likely N-dealkylation sites (N-methyl/N-ethyl adjacent to an activating group) is 1. The molecule has 3 nitrogen and oxygen atoms in total. The van der Waals surface area contributed by atoms with E-state index in [9.17, 15) is 4.79 Å². The fourth-order valence-electron chi connectivity index (χ4n) is 1.92. The highest BCUT2D eigenvalue weighted by Crippen LogP contribution is 2.23. The number of benzene rings is 1. The first-order chi connectivity index (χ1) is 9.94. The molecule has 0 radical (unpaired) electrons. The zero-order chi connectivity index (χ0) is 15.4. The Labute approximate surface area is 142 Å². The lowest BCUT2D eigenvalue weighted by Crippen LogP contribution is -2.29. The summed E-state index contributed by atoms with van der Waals surface area (Å²) in [6.45, 7) is 3.02. The molecule has 112 valence electrons. The molecular weight excluding hydrogens is 372 g/mol. The second-order valence-corrected chi connectivity index (χ2v) is 7.25. The molecule has 0 bridgehead atoms. The van der Waals surface area contributed by atoms with Crippen molar-refractivity contribution in [3.63, 3.8) is 0 Å². The van der Waals surface area contributed by atoms with Crippen LogP contribution in [0.4, 0.5) is 5.69 Å². The van der Waals surface area contributed by atoms with Crippen LogP contribution in [0.15, 0.2) is 34.1 Å². The van der Waals surface area contributed by atoms with E-state index in [0.29, 0.717) is 17.3 Å². The molecule has 1 aromatic carbocycles. The lowest BCUT2D eigenvalue weighted by molar-refractivity contribution is -0.117. The van der Waals surface area contributed by atoms with Gasteiger partial charge in [0.25, 0.3) is 0 Å². The summed E-state index contributed by atoms with van der Waals surface area (Å²) in [6, 6.07) is 7.65. The standard InChI is InChI=1S/C15H16BrClN2OS/c1-10-3-4-14(13(17)5-10)18-15(20)8-19(2)7-12-6-11(16)9-21-12/h3-6,9H,7-8H2,1-2H3,(H,18,20). The first-order valence-corrected chi connectivity index (χ1v) is 8.46. The molecule has 1 aromatic heterocycles. The second kappa shape index (κ2) is 7.40. The summed E-state index contributed by atoms with van der Waals surface area (Å²) in [5.41, 5.74) is 1.72. The smallest absolute Gasteiger partial charge is 0.238 e. The van der Waals surface area contributed by atoms with Crippen molar-refractivity contribution >= 4 is 50.5 Å². The number of halogens is 2. The Morgan fingerprint density at radius 3 is 2.81 bits per heavy atom. The van der Waals surface area contributed by atoms with Gasteiger partial charge in [-0.05, 0) is 53.7 Å². The number of thiophene rings is 1. The first kappa shape index (κ1) is 16.5. The first-order valence-electron chi connectivity index (χ1n) is 6.41. The zero-order valence-corrected chi connectivity index (χ0v) is 15.0. The molecule has 0 aliphatic rings. The Hall–Kier alpha value is -0.880. The maximum absolute atomic E-state index is 12.0. The minimum Gasteiger partial charge on any atom is -0.324 e. The quantitative estimate of drug-likeness (QED) is 0.816. The van der Waals surface area contributed by atoms with Crippen molar-refractivity contribution in [2.24, 2.45) is 0 Å². The van der Waals surface area contributed by atoms with E-state index < -0.39 is 0 Å². The Bertz CT molecular complexity index is 644. The van der Waals surface area contributed by atoms with E-state index >= 15 is 0 Å². The summed E-state index contributed by atoms with van der Waals surface area (Å²) in [5, 5.41) is 5.44. The molecule has 0 saturated carbocycles. The monoisotopic (exact) mass is 386 g/mol. The number of nitrogens with zero attached hydrogens (tertiary/aromatic N) is 1. The molecule has 6 heteroatoms. The van der Waals surface area contributed by atoms with Gasteiger partial charge >= 0.3 is 0 Å². The largest absolute Gasteiger partial charge is 0.324 e. The molecule has 0 atom stereocenters. The van der Waals surface area contributed by atoms with Crippen LogP contribution in [0.25, 0.3) is 0 Å². The van der Waals surface area contributed by atoms with E-state index in [1.54, 1.807) is 11.3 Å². The molecule has 2 aromatic rings. The number of nitrogens with one attached hydrogen (secondary N) is 1. The molecule has 0 aliphatic carbocycles. The minimum absolute atomic E-state index is 0.0705. The van der Waals surface area contributed by atoms with Gasteiger partial charge in [0, 0.05) is 21.3 Å². The van der Waals surface area contributed by atoms with Crippen molar-refractivity contribution in [1.29, 1.82) is 0 Å². The normalized spacial score (nSPS) is 10.9. The molecule has 2 rings (SSSR count). The Balaban J connectivity index is 1.89. The number of rotatable bonds is 5. The summed E-state index contributed by atoms with van der Waals surface area (Å²) in [5.74, 6) is -0.0705. The van der Waals surface area contributed by atoms with E-state index in [2.05, 4.69) is 27.3 Å². The predicted octanol–water partition coefficient (Wildman–Crippen LogP) is 4.54. The summed E-state index contributed by atoms with van der Waals surface area (Å²) in [4.78, 5) is 15.2. The lowest BCUT2D eigenvalue weighted by Gasteiger charge is -2.15. The van der Waals surface area contributed by atoms with E-state index in [-0.39, 0.29) is 5.91 Å². The average molecular weight is 388 g/mol. The fourth-order valence-corrected chi connectivity index (χ4v) is 3.73. The van der Waals surface area contributed by atoms with Crippen molar-refractivity contribution in [2.75, 3.05) is 18.9 Å². The average Bonchev–Trinajstić information content (AvgIpc) is 2.78. The van der Waals surface area contributed by atoms with Gasteiger partial charge in [-0.15, -0.1) is 11.3 Å². The molecule has 21 heavy (non-hydrogen) atoms. The van der Waals surface area contributed by atoms with Crippen molar-refractivity contribution in [3.8, 4) is 0 Å². The van der Waals surface area contributed by atoms with Gasteiger partial charge < -0.3 is 5.32 Å². The number of amides is 1. The van der Waals surface area contributed by atoms with Gasteiger partial charge in [0.05, 0.1) is 17.3 Å². The van der Waals surface area contributed by atoms with E-state index in [0.717, 1.165) is 16.6 Å². The number of aryl methyl sites for hydroxylation is 1. The minimum atomic E-state index is -0.0705. The van der Waals surface area contributed by atoms with Crippen LogP contribution in [0, 0.1) is 6.92 Å². The molecular formula is C15H16BrClN2OS. The van der Waals surface area contributed by atoms with Gasteiger partial charge in [-0.1, -0.05) is 17.7 Å². The molecule has 0 unspecified atom stereocenters. The van der Waals surface area contributed by atoms with Crippen molar-refractivity contribution in [2.45, 2.75) is 13.5 Å². The third kappa shape index (κ3) is 5.11. The van der Waals surface area contributed by atoms with Crippen LogP contribution in [0.3, 0.4) is 0 Å². The van der Waals surface area contributed by atoms with E-state index in [1.165, 1.54) is 4.88 Å². The molecule has 0 spiro atoms. The summed E-state index contributed by atoms with van der Waals surface area (Å²) in [7, 11) is 1.92. The Morgan fingerprint density at radius 2 is 2.19 bits per heavy atom. The van der Waals surface area contributed by atoms with Crippen LogP contribution in [0.2, 0.25) is 5.02 Å². The molecule has 0 aliphatic heterocycles. The maximum Gasteiger partial charge on any atom is 0.238 e. The van der Waals surface area contributed by atoms with Gasteiger partial charge in [-0.2, -0.15) is 0 Å². The molecule has 1 amide bonds. The topological polar surface area (TPSA) is 32.3 Å². The van der Waals surface area contributed by atoms with E-state index in [4.69, 9.17) is 11.6 Å². The number of carbonyl (C=O) groups excluding carboxylic acids is 1. The van der Waals surface area contributed by atoms with Crippen molar-refractivity contribution in [3.05, 3.63) is 49.6 Å². The summed E-state index contributed by atoms with van der Waals surface area (Å²) < 4.78 is 1.08. The Kier molecular flexibility index (Phi) is 5.81. The summed E-state index contributed by atoms with van der Waals surface area (Å²) >= 11 is 11.2. The van der Waals surface area contributed by atoms with Crippen LogP contribution in [-0.2, 0) is 11.3 Å². The highest BCUT2D eigenvalue weighted by molar-refractivity contribution is 9.10. The van der Waals surface area contributed by atoms with Crippen LogP contribution in [-0.4, -0.2) is 24.4 Å². The van der Waals surface area contributed by atoms with Gasteiger partial charge in [-0.25, -0.2) is 0 Å². The van der Waals surface area contributed by atoms with Gasteiger partial charge in [0.2, 0.25) is 5.91 Å². The maximum atomic E-state index is 12.0. The molecule has 0 saturated heterocycles. The number of carbonyl (C=O) groups is 1. The highest BCUT2D eigenvalue weighted by atomic mass is 79.9. The van der Waals surface area contributed by atoms with Crippen molar-refractivity contribution in [1.82, 2.24) is 4.90 Å². The SMILES string of the molecule is Cc1ccc(NC(=O)CN(C)Cc2cc(Br)cs2)c(Cl)c1. The molecule has 1 N–H and O–H groups in total. The fraction of sp³-hybridized carbons (Fsp3) is 0.267. The molecule has 0 fully saturated rings. The predicted molar refractivity (Wildman–Crippen MR) is 93.2 cm³/mol. The van der Waals surface area contributed by atoms with Gasteiger partial charge in [0.15, 0.2) is 0 Å². The number of anilines is 1. The Morgan fingerprint density at radius 1 is 1.43 bits per heavy atom. The second-order valence-electron chi connectivity index (χ2n) is 4.94. The van der Waals surface area contributed by atoms with Crippen LogP contribution >= 0.6 is 38.9 Å². The number of hydrogen-bond donors (Lipinski definition) is 1. The highest BCUT2D eigenvalue weighted by Gasteiger charge is 2.10. The van der Waals surface area contributed by atoms with Crippen molar-refractivity contribution < 1.29 is 4.79 Å². The third-order valence-electron chi connectivity index (χ3n) is 2.86. The van der Waals surface area contributed by atoms with E-state index in [1.807, 2.05) is 42.5 Å². The zero-order valence-electron chi connectivity index (χ0n) is 11.8. The van der Waals surface area contributed by atoms with Crippen LogP contribution in [0.5, 0.6) is 0 Å². The van der Waals surface area contributed by atoms with Gasteiger partial charge in [0.1, 0.15) is 0 Å².